The average Bonchev–Trinajstić information content (AvgIpc) is 2.52. The lowest BCUT2D eigenvalue weighted by Gasteiger charge is -2.24. The molecule has 124 valence electrons. The molecule has 0 spiro atoms. The predicted molar refractivity (Wildman–Crippen MR) is 97.9 cm³/mol. The number of fused-ring (bicyclic) bond motifs is 1. The lowest BCUT2D eigenvalue weighted by atomic mass is 10.1. The van der Waals surface area contributed by atoms with E-state index in [1.807, 2.05) is 0 Å². The van der Waals surface area contributed by atoms with Crippen LogP contribution < -0.4 is 10.0 Å². The van der Waals surface area contributed by atoms with Crippen molar-refractivity contribution in [3.63, 3.8) is 0 Å². The Morgan fingerprint density at radius 2 is 1.92 bits per heavy atom. The molecule has 1 aromatic carbocycles. The van der Waals surface area contributed by atoms with Gasteiger partial charge in [0.25, 0.3) is 0 Å². The molecule has 0 fully saturated rings. The number of sulfonamides is 1. The molecule has 3 rings (SSSR count). The smallest absolute Gasteiger partial charge is 0.237 e. The first-order chi connectivity index (χ1) is 11.3. The second kappa shape index (κ2) is 6.15. The van der Waals surface area contributed by atoms with Gasteiger partial charge in [-0.2, -0.15) is 4.98 Å². The maximum absolute atomic E-state index is 12.5. The van der Waals surface area contributed by atoms with E-state index < -0.39 is 10.0 Å². The molecule has 24 heavy (non-hydrogen) atoms. The minimum Gasteiger partial charge on any atom is -0.396 e. The molecule has 0 aliphatic carbocycles. The van der Waals surface area contributed by atoms with Crippen LogP contribution in [0.1, 0.15) is 0 Å². The van der Waals surface area contributed by atoms with Crippen molar-refractivity contribution in [1.82, 2.24) is 15.0 Å². The molecule has 0 aliphatic heterocycles. The van der Waals surface area contributed by atoms with Gasteiger partial charge in [-0.3, -0.25) is 4.98 Å². The van der Waals surface area contributed by atoms with Gasteiger partial charge in [0.15, 0.2) is 5.82 Å². The molecule has 0 saturated carbocycles. The molecule has 3 aromatic rings. The number of anilines is 3. The Bertz CT molecular complexity index is 1040. The minimum absolute atomic E-state index is 0.0700. The summed E-state index contributed by atoms with van der Waals surface area (Å²) in [6.07, 6.45) is 3.85. The average molecular weight is 429 g/mol. The number of para-hydroxylation sites is 1. The van der Waals surface area contributed by atoms with Gasteiger partial charge in [0, 0.05) is 11.6 Å². The number of rotatable bonds is 3. The first-order valence-corrected chi connectivity index (χ1v) is 9.62. The zero-order valence-corrected chi connectivity index (χ0v) is 15.5. The van der Waals surface area contributed by atoms with Crippen LogP contribution in [-0.2, 0) is 10.0 Å². The maximum atomic E-state index is 12.5. The topological polar surface area (TPSA) is 102 Å². The minimum atomic E-state index is -3.78. The molecule has 0 amide bonds. The molecule has 0 unspecified atom stereocenters. The summed E-state index contributed by atoms with van der Waals surface area (Å²) in [6.45, 7) is 0. The molecule has 7 nitrogen and oxygen atoms in total. The number of benzene rings is 1. The fourth-order valence-electron chi connectivity index (χ4n) is 2.28. The summed E-state index contributed by atoms with van der Waals surface area (Å²) in [6, 6.07) is 7.08. The number of nitrogens with two attached hydrogens (primary N) is 1. The number of halogens is 2. The summed E-state index contributed by atoms with van der Waals surface area (Å²) in [7, 11) is -3.78. The van der Waals surface area contributed by atoms with Crippen molar-refractivity contribution in [1.29, 1.82) is 0 Å². The summed E-state index contributed by atoms with van der Waals surface area (Å²) in [5, 5.41) is 0.489. The maximum Gasteiger partial charge on any atom is 0.237 e. The van der Waals surface area contributed by atoms with Crippen LogP contribution in [0.2, 0.25) is 5.28 Å². The van der Waals surface area contributed by atoms with Crippen LogP contribution in [0.3, 0.4) is 0 Å². The van der Waals surface area contributed by atoms with E-state index in [1.54, 1.807) is 24.3 Å². The monoisotopic (exact) mass is 427 g/mol. The normalized spacial score (nSPS) is 11.6. The molecule has 2 N–H and O–H groups in total. The van der Waals surface area contributed by atoms with Gasteiger partial charge in [0.2, 0.25) is 15.3 Å². The Morgan fingerprint density at radius 1 is 1.21 bits per heavy atom. The molecule has 10 heteroatoms. The van der Waals surface area contributed by atoms with Gasteiger partial charge in [-0.25, -0.2) is 17.7 Å². The Balaban J connectivity index is 2.42. The summed E-state index contributed by atoms with van der Waals surface area (Å²) < 4.78 is 26.4. The van der Waals surface area contributed by atoms with Crippen LogP contribution in [0.25, 0.3) is 10.9 Å². The predicted octanol–water partition coefficient (Wildman–Crippen LogP) is 3.12. The Hall–Kier alpha value is -1.97. The zero-order valence-electron chi connectivity index (χ0n) is 12.3. The first-order valence-electron chi connectivity index (χ1n) is 6.60. The van der Waals surface area contributed by atoms with Gasteiger partial charge in [0.1, 0.15) is 0 Å². The second-order valence-electron chi connectivity index (χ2n) is 4.92. The quantitative estimate of drug-likeness (QED) is 0.643. The third-order valence-corrected chi connectivity index (χ3v) is 4.96. The summed E-state index contributed by atoms with van der Waals surface area (Å²) >= 11 is 9.11. The fraction of sp³-hybridized carbons (Fsp3) is 0.0714. The zero-order chi connectivity index (χ0) is 17.5. The van der Waals surface area contributed by atoms with Gasteiger partial charge in [-0.1, -0.05) is 18.2 Å². The number of hydrogen-bond donors (Lipinski definition) is 1. The van der Waals surface area contributed by atoms with Gasteiger partial charge in [-0.15, -0.1) is 0 Å². The van der Waals surface area contributed by atoms with Crippen molar-refractivity contribution in [2.45, 2.75) is 0 Å². The Labute approximate surface area is 151 Å². The lowest BCUT2D eigenvalue weighted by molar-refractivity contribution is 0.601. The van der Waals surface area contributed by atoms with Crippen molar-refractivity contribution in [3.05, 3.63) is 46.4 Å². The summed E-state index contributed by atoms with van der Waals surface area (Å²) in [5.74, 6) is 0.0700. The van der Waals surface area contributed by atoms with Crippen LogP contribution in [-0.4, -0.2) is 29.6 Å². The largest absolute Gasteiger partial charge is 0.396 e. The van der Waals surface area contributed by atoms with Gasteiger partial charge in [0.05, 0.1) is 33.8 Å². The van der Waals surface area contributed by atoms with E-state index in [4.69, 9.17) is 17.3 Å². The highest BCUT2D eigenvalue weighted by atomic mass is 79.9. The first kappa shape index (κ1) is 16.9. The summed E-state index contributed by atoms with van der Waals surface area (Å²) in [5.41, 5.74) is 7.11. The van der Waals surface area contributed by atoms with E-state index in [-0.39, 0.29) is 22.5 Å². The lowest BCUT2D eigenvalue weighted by Crippen LogP contribution is -2.27. The second-order valence-corrected chi connectivity index (χ2v) is 7.94. The van der Waals surface area contributed by atoms with Crippen molar-refractivity contribution in [3.8, 4) is 0 Å². The Kier molecular flexibility index (Phi) is 4.33. The van der Waals surface area contributed by atoms with Crippen LogP contribution in [0.15, 0.2) is 41.1 Å². The SMILES string of the molecule is CS(=O)(=O)N(c1nc(Cl)ncc1Br)c1c(N)cnc2ccccc12. The highest BCUT2D eigenvalue weighted by molar-refractivity contribution is 9.10. The molecule has 0 bridgehead atoms. The van der Waals surface area contributed by atoms with E-state index in [1.165, 1.54) is 12.4 Å². The van der Waals surface area contributed by atoms with Crippen molar-refractivity contribution >= 4 is 65.6 Å². The molecule has 0 saturated heterocycles. The highest BCUT2D eigenvalue weighted by Gasteiger charge is 2.28. The molecular weight excluding hydrogens is 418 g/mol. The van der Waals surface area contributed by atoms with E-state index in [0.29, 0.717) is 15.4 Å². The van der Waals surface area contributed by atoms with Crippen molar-refractivity contribution in [2.75, 3.05) is 16.3 Å². The molecule has 0 aliphatic rings. The van der Waals surface area contributed by atoms with Crippen molar-refractivity contribution in [2.24, 2.45) is 0 Å². The Morgan fingerprint density at radius 3 is 2.62 bits per heavy atom. The molecule has 0 atom stereocenters. The molecule has 0 radical (unpaired) electrons. The van der Waals surface area contributed by atoms with Crippen molar-refractivity contribution < 1.29 is 8.42 Å². The van der Waals surface area contributed by atoms with E-state index >= 15 is 0 Å². The number of aromatic nitrogens is 3. The number of nitrogen functional groups attached to an aromatic ring is 1. The van der Waals surface area contributed by atoms with Crippen LogP contribution in [0.5, 0.6) is 0 Å². The van der Waals surface area contributed by atoms with Crippen LogP contribution >= 0.6 is 27.5 Å². The standard InChI is InChI=1S/C14H11BrClN5O2S/c1-24(22,23)21(13-9(15)6-19-14(16)20-13)12-8-4-2-3-5-11(8)18-7-10(12)17/h2-7H,17H2,1H3. The molecular formula is C14H11BrClN5O2S. The van der Waals surface area contributed by atoms with E-state index in [9.17, 15) is 8.42 Å². The van der Waals surface area contributed by atoms with Gasteiger partial charge < -0.3 is 5.73 Å². The third-order valence-electron chi connectivity index (χ3n) is 3.20. The third kappa shape index (κ3) is 3.02. The van der Waals surface area contributed by atoms with Crippen LogP contribution in [0, 0.1) is 0 Å². The fourth-order valence-corrected chi connectivity index (χ4v) is 3.88. The summed E-state index contributed by atoms with van der Waals surface area (Å²) in [4.78, 5) is 12.1. The van der Waals surface area contributed by atoms with Crippen LogP contribution in [0.4, 0.5) is 17.2 Å². The van der Waals surface area contributed by atoms with Gasteiger partial charge >= 0.3 is 0 Å². The molecule has 2 heterocycles. The highest BCUT2D eigenvalue weighted by Crippen LogP contribution is 2.40. The number of pyridine rings is 1. The number of hydrogen-bond acceptors (Lipinski definition) is 6. The molecule has 2 aromatic heterocycles. The van der Waals surface area contributed by atoms with E-state index in [2.05, 4.69) is 30.9 Å². The van der Waals surface area contributed by atoms with E-state index in [0.717, 1.165) is 10.6 Å². The van der Waals surface area contributed by atoms with Gasteiger partial charge in [-0.05, 0) is 33.6 Å². The number of nitrogens with zero attached hydrogens (tertiary/aromatic N) is 4.